The number of likely N-dealkylation sites (tertiary alicyclic amines) is 2. The Bertz CT molecular complexity index is 1530. The number of nitrogens with zero attached hydrogens (tertiary/aromatic N) is 3. The summed E-state index contributed by atoms with van der Waals surface area (Å²) in [7, 11) is -3.94. The van der Waals surface area contributed by atoms with Gasteiger partial charge < -0.3 is 15.1 Å². The molecular formula is C27H30ClN5O5S3. The van der Waals surface area contributed by atoms with E-state index in [9.17, 15) is 22.8 Å². The molecule has 3 amide bonds. The van der Waals surface area contributed by atoms with Crippen molar-refractivity contribution >= 4 is 72.5 Å². The second-order valence-electron chi connectivity index (χ2n) is 9.98. The number of amides is 3. The van der Waals surface area contributed by atoms with E-state index in [1.807, 2.05) is 12.1 Å². The molecule has 0 spiro atoms. The Kier molecular flexibility index (Phi) is 9.49. The molecular weight excluding hydrogens is 606 g/mol. The predicted molar refractivity (Wildman–Crippen MR) is 159 cm³/mol. The minimum atomic E-state index is -3.94. The first-order chi connectivity index (χ1) is 19.7. The minimum absolute atomic E-state index is 0.108. The zero-order valence-electron chi connectivity index (χ0n) is 22.1. The Labute approximate surface area is 251 Å². The molecule has 41 heavy (non-hydrogen) atoms. The highest BCUT2D eigenvalue weighted by atomic mass is 35.5. The molecule has 218 valence electrons. The lowest BCUT2D eigenvalue weighted by Gasteiger charge is -2.34. The van der Waals surface area contributed by atoms with E-state index in [2.05, 4.69) is 15.0 Å². The molecule has 0 saturated carbocycles. The summed E-state index contributed by atoms with van der Waals surface area (Å²) < 4.78 is 29.7. The number of sulfonamides is 1. The highest BCUT2D eigenvalue weighted by Crippen LogP contribution is 2.31. The summed E-state index contributed by atoms with van der Waals surface area (Å²) in [5, 5.41) is 4.15. The van der Waals surface area contributed by atoms with E-state index in [1.54, 1.807) is 41.6 Å². The first-order valence-electron chi connectivity index (χ1n) is 13.3. The second-order valence-corrected chi connectivity index (χ2v) is 14.5. The van der Waals surface area contributed by atoms with Crippen molar-refractivity contribution in [1.82, 2.24) is 24.8 Å². The zero-order valence-corrected chi connectivity index (χ0v) is 25.3. The van der Waals surface area contributed by atoms with E-state index in [-0.39, 0.29) is 34.4 Å². The molecule has 0 radical (unpaired) electrons. The maximum atomic E-state index is 13.2. The molecule has 4 heterocycles. The van der Waals surface area contributed by atoms with Crippen LogP contribution in [0.15, 0.2) is 57.9 Å². The summed E-state index contributed by atoms with van der Waals surface area (Å²) >= 11 is 8.56. The van der Waals surface area contributed by atoms with Crippen LogP contribution >= 0.6 is 34.7 Å². The van der Waals surface area contributed by atoms with Crippen LogP contribution in [0, 0.1) is 0 Å². The van der Waals surface area contributed by atoms with Crippen molar-refractivity contribution in [1.29, 1.82) is 0 Å². The minimum Gasteiger partial charge on any atom is -0.353 e. The summed E-state index contributed by atoms with van der Waals surface area (Å²) in [5.74, 6) is -0.464. The lowest BCUT2D eigenvalue weighted by atomic mass is 10.1. The number of nitrogens with one attached hydrogen (secondary N) is 2. The van der Waals surface area contributed by atoms with Gasteiger partial charge in [0.1, 0.15) is 10.3 Å². The molecule has 2 saturated heterocycles. The number of hydrogen-bond acceptors (Lipinski definition) is 8. The van der Waals surface area contributed by atoms with Gasteiger partial charge in [-0.25, -0.2) is 8.42 Å². The third-order valence-electron chi connectivity index (χ3n) is 7.13. The summed E-state index contributed by atoms with van der Waals surface area (Å²) in [6.45, 7) is 1.16. The SMILES string of the molecule is O=C(CSc1ccncc1)NC[C@@H]1CCCN1C(=O)CN1CCCC(NS(=O)(=O)c2cc3cc(Cl)ccc3s2)C1=O. The number of piperidine rings is 1. The average Bonchev–Trinajstić information content (AvgIpc) is 3.61. The number of fused-ring (bicyclic) bond motifs is 1. The number of pyridine rings is 1. The fraction of sp³-hybridized carbons (Fsp3) is 0.407. The van der Waals surface area contributed by atoms with Gasteiger partial charge in [-0.1, -0.05) is 11.6 Å². The summed E-state index contributed by atoms with van der Waals surface area (Å²) in [6.07, 6.45) is 5.86. The highest BCUT2D eigenvalue weighted by molar-refractivity contribution is 8.00. The topological polar surface area (TPSA) is 129 Å². The van der Waals surface area contributed by atoms with Gasteiger partial charge in [-0.15, -0.1) is 23.1 Å². The molecule has 2 fully saturated rings. The summed E-state index contributed by atoms with van der Waals surface area (Å²) in [5.41, 5.74) is 0. The van der Waals surface area contributed by atoms with E-state index in [0.29, 0.717) is 42.9 Å². The highest BCUT2D eigenvalue weighted by Gasteiger charge is 2.36. The fourth-order valence-corrected chi connectivity index (χ4v) is 8.58. The average molecular weight is 636 g/mol. The molecule has 5 rings (SSSR count). The second kappa shape index (κ2) is 13.1. The largest absolute Gasteiger partial charge is 0.353 e. The number of thiophene rings is 1. The molecule has 2 aliphatic rings. The van der Waals surface area contributed by atoms with Gasteiger partial charge in [0.25, 0.3) is 10.0 Å². The van der Waals surface area contributed by atoms with Gasteiger partial charge in [0.15, 0.2) is 0 Å². The molecule has 10 nitrogen and oxygen atoms in total. The van der Waals surface area contributed by atoms with Crippen molar-refractivity contribution < 1.29 is 22.8 Å². The Morgan fingerprint density at radius 2 is 1.88 bits per heavy atom. The molecule has 2 aliphatic heterocycles. The molecule has 3 aromatic rings. The Morgan fingerprint density at radius 1 is 1.10 bits per heavy atom. The standard InChI is InChI=1S/C27H30ClN5O5S3/c28-19-5-6-23-18(13-19)14-26(40-23)41(37,38)31-22-4-2-11-32(27(22)36)16-25(35)33-12-1-3-20(33)15-30-24(34)17-39-21-7-9-29-10-8-21/h5-10,13-14,20,22,31H,1-4,11-12,15-17H2,(H,30,34)/t20-,22?/m0/s1. The quantitative estimate of drug-likeness (QED) is 0.328. The third-order valence-corrected chi connectivity index (χ3v) is 11.4. The Morgan fingerprint density at radius 3 is 2.68 bits per heavy atom. The van der Waals surface area contributed by atoms with Crippen molar-refractivity contribution in [3.8, 4) is 0 Å². The van der Waals surface area contributed by atoms with Crippen LogP contribution in [0.25, 0.3) is 10.1 Å². The molecule has 2 aromatic heterocycles. The normalized spacial score (nSPS) is 19.6. The van der Waals surface area contributed by atoms with Gasteiger partial charge in [-0.3, -0.25) is 19.4 Å². The monoisotopic (exact) mass is 635 g/mol. The number of carbonyl (C=O) groups excluding carboxylic acids is 3. The molecule has 2 atom stereocenters. The van der Waals surface area contributed by atoms with Gasteiger partial charge in [-0.05, 0) is 67.5 Å². The number of hydrogen-bond donors (Lipinski definition) is 2. The molecule has 1 unspecified atom stereocenters. The van der Waals surface area contributed by atoms with Crippen LogP contribution in [0.3, 0.4) is 0 Å². The molecule has 2 N–H and O–H groups in total. The summed E-state index contributed by atoms with van der Waals surface area (Å²) in [6, 6.07) is 9.30. The van der Waals surface area contributed by atoms with Gasteiger partial charge in [0.05, 0.1) is 12.3 Å². The zero-order chi connectivity index (χ0) is 29.0. The van der Waals surface area contributed by atoms with Crippen LogP contribution in [0.2, 0.25) is 5.02 Å². The maximum absolute atomic E-state index is 13.2. The van der Waals surface area contributed by atoms with Crippen molar-refractivity contribution in [3.63, 3.8) is 0 Å². The third kappa shape index (κ3) is 7.39. The van der Waals surface area contributed by atoms with Crippen LogP contribution in [-0.4, -0.2) is 84.9 Å². The lowest BCUT2D eigenvalue weighted by molar-refractivity contribution is -0.143. The lowest BCUT2D eigenvalue weighted by Crippen LogP contribution is -2.55. The van der Waals surface area contributed by atoms with Gasteiger partial charge in [0.2, 0.25) is 17.7 Å². The van der Waals surface area contributed by atoms with Crippen molar-refractivity contribution in [2.45, 2.75) is 46.9 Å². The first-order valence-corrected chi connectivity index (χ1v) is 16.9. The number of rotatable bonds is 10. The van der Waals surface area contributed by atoms with Gasteiger partial charge >= 0.3 is 0 Å². The fourth-order valence-electron chi connectivity index (χ4n) is 5.07. The van der Waals surface area contributed by atoms with Gasteiger partial charge in [-0.2, -0.15) is 4.72 Å². The van der Waals surface area contributed by atoms with E-state index in [0.717, 1.165) is 33.8 Å². The Hall–Kier alpha value is -2.71. The summed E-state index contributed by atoms with van der Waals surface area (Å²) in [4.78, 5) is 46.9. The molecule has 0 aliphatic carbocycles. The molecule has 14 heteroatoms. The van der Waals surface area contributed by atoms with Crippen molar-refractivity contribution in [2.75, 3.05) is 31.9 Å². The van der Waals surface area contributed by atoms with E-state index in [4.69, 9.17) is 11.6 Å². The van der Waals surface area contributed by atoms with Crippen LogP contribution < -0.4 is 10.0 Å². The van der Waals surface area contributed by atoms with E-state index >= 15 is 0 Å². The van der Waals surface area contributed by atoms with Crippen LogP contribution in [0.4, 0.5) is 0 Å². The number of carbonyl (C=O) groups is 3. The molecule has 0 bridgehead atoms. The van der Waals surface area contributed by atoms with E-state index in [1.165, 1.54) is 16.7 Å². The number of thioether (sulfide) groups is 1. The molecule has 1 aromatic carbocycles. The number of benzene rings is 1. The first kappa shape index (κ1) is 29.8. The van der Waals surface area contributed by atoms with Crippen LogP contribution in [-0.2, 0) is 24.4 Å². The van der Waals surface area contributed by atoms with E-state index < -0.39 is 22.0 Å². The van der Waals surface area contributed by atoms with Crippen LogP contribution in [0.1, 0.15) is 25.7 Å². The number of aromatic nitrogens is 1. The van der Waals surface area contributed by atoms with Crippen LogP contribution in [0.5, 0.6) is 0 Å². The smallest absolute Gasteiger partial charge is 0.250 e. The maximum Gasteiger partial charge on any atom is 0.250 e. The van der Waals surface area contributed by atoms with Crippen molar-refractivity contribution in [2.24, 2.45) is 0 Å². The van der Waals surface area contributed by atoms with Crippen molar-refractivity contribution in [3.05, 3.63) is 53.8 Å². The Balaban J connectivity index is 1.14. The predicted octanol–water partition coefficient (Wildman–Crippen LogP) is 3.12. The van der Waals surface area contributed by atoms with Gasteiger partial charge in [0, 0.05) is 52.7 Å². The number of halogens is 1.